The molecule has 1 N–H and O–H groups in total. The monoisotopic (exact) mass is 466 g/mol. The van der Waals surface area contributed by atoms with Gasteiger partial charge in [0.2, 0.25) is 15.9 Å². The van der Waals surface area contributed by atoms with Crippen LogP contribution in [0, 0.1) is 12.8 Å². The van der Waals surface area contributed by atoms with Gasteiger partial charge in [0.1, 0.15) is 10.6 Å². The van der Waals surface area contributed by atoms with E-state index in [4.69, 9.17) is 4.74 Å². The number of methoxy groups -OCH3 is 1. The maximum atomic E-state index is 13.2. The van der Waals surface area contributed by atoms with Crippen LogP contribution >= 0.6 is 15.9 Å². The van der Waals surface area contributed by atoms with E-state index in [0.717, 1.165) is 10.0 Å². The molecule has 0 spiro atoms. The number of carbonyl (C=O) groups excluding carboxylic acids is 1. The van der Waals surface area contributed by atoms with E-state index in [0.29, 0.717) is 30.8 Å². The molecule has 28 heavy (non-hydrogen) atoms. The molecule has 2 aromatic rings. The van der Waals surface area contributed by atoms with E-state index < -0.39 is 15.9 Å². The molecular weight excluding hydrogens is 444 g/mol. The summed E-state index contributed by atoms with van der Waals surface area (Å²) in [4.78, 5) is 12.9. The van der Waals surface area contributed by atoms with Crippen LogP contribution in [0.4, 0.5) is 5.69 Å². The predicted octanol–water partition coefficient (Wildman–Crippen LogP) is 3.81. The average Bonchev–Trinajstić information content (AvgIpc) is 2.69. The molecule has 1 saturated heterocycles. The van der Waals surface area contributed by atoms with Crippen LogP contribution in [0.15, 0.2) is 51.8 Å². The lowest BCUT2D eigenvalue weighted by Gasteiger charge is -2.31. The molecule has 2 aromatic carbocycles. The van der Waals surface area contributed by atoms with Crippen LogP contribution in [0.1, 0.15) is 18.4 Å². The van der Waals surface area contributed by atoms with Crippen molar-refractivity contribution in [3.63, 3.8) is 0 Å². The largest absolute Gasteiger partial charge is 0.495 e. The number of rotatable bonds is 5. The molecule has 8 heteroatoms. The van der Waals surface area contributed by atoms with Crippen LogP contribution in [-0.4, -0.2) is 38.8 Å². The third-order valence-electron chi connectivity index (χ3n) is 4.82. The van der Waals surface area contributed by atoms with Gasteiger partial charge in [-0.1, -0.05) is 18.2 Å². The van der Waals surface area contributed by atoms with Gasteiger partial charge in [0.05, 0.1) is 18.7 Å². The Labute approximate surface area is 174 Å². The highest BCUT2D eigenvalue weighted by Gasteiger charge is 2.35. The number of nitrogens with zero attached hydrogens (tertiary/aromatic N) is 1. The van der Waals surface area contributed by atoms with E-state index in [2.05, 4.69) is 21.2 Å². The maximum Gasteiger partial charge on any atom is 0.246 e. The summed E-state index contributed by atoms with van der Waals surface area (Å²) in [5.41, 5.74) is 1.51. The fourth-order valence-corrected chi connectivity index (χ4v) is 5.44. The summed E-state index contributed by atoms with van der Waals surface area (Å²) >= 11 is 3.41. The summed E-state index contributed by atoms with van der Waals surface area (Å²) in [5.74, 6) is -0.278. The van der Waals surface area contributed by atoms with Gasteiger partial charge in [-0.15, -0.1) is 0 Å². The summed E-state index contributed by atoms with van der Waals surface area (Å²) in [6.45, 7) is 2.37. The van der Waals surface area contributed by atoms with Gasteiger partial charge in [0.25, 0.3) is 0 Å². The number of amides is 1. The molecule has 0 radical (unpaired) electrons. The van der Waals surface area contributed by atoms with Crippen LogP contribution in [-0.2, 0) is 14.8 Å². The number of aryl methyl sites for hydroxylation is 1. The van der Waals surface area contributed by atoms with Gasteiger partial charge in [0, 0.05) is 17.6 Å². The molecule has 1 atom stereocenters. The standard InChI is InChI=1S/C20H23BrN2O4S/c1-14-9-10-18(27-2)19(12-14)28(25,26)23-11-5-6-15(13-23)20(24)22-17-8-4-3-7-16(17)21/h3-4,7-10,12,15H,5-6,11,13H2,1-2H3,(H,22,24). The highest BCUT2D eigenvalue weighted by atomic mass is 79.9. The number of para-hydroxylation sites is 1. The van der Waals surface area contributed by atoms with E-state index in [1.807, 2.05) is 31.2 Å². The van der Waals surface area contributed by atoms with Crippen molar-refractivity contribution in [2.45, 2.75) is 24.7 Å². The fraction of sp³-hybridized carbons (Fsp3) is 0.350. The van der Waals surface area contributed by atoms with Crippen LogP contribution in [0.5, 0.6) is 5.75 Å². The van der Waals surface area contributed by atoms with E-state index in [1.54, 1.807) is 18.2 Å². The first-order valence-electron chi connectivity index (χ1n) is 9.03. The molecule has 1 heterocycles. The number of ether oxygens (including phenoxy) is 1. The molecule has 0 saturated carbocycles. The topological polar surface area (TPSA) is 75.7 Å². The molecule has 0 aromatic heterocycles. The van der Waals surface area contributed by atoms with Crippen molar-refractivity contribution in [3.05, 3.63) is 52.5 Å². The maximum absolute atomic E-state index is 13.2. The Morgan fingerprint density at radius 3 is 2.71 bits per heavy atom. The molecule has 1 amide bonds. The van der Waals surface area contributed by atoms with Crippen molar-refractivity contribution < 1.29 is 17.9 Å². The van der Waals surface area contributed by atoms with Crippen molar-refractivity contribution in [2.75, 3.05) is 25.5 Å². The Hall–Kier alpha value is -1.90. The SMILES string of the molecule is COc1ccc(C)cc1S(=O)(=O)N1CCCC(C(=O)Nc2ccccc2Br)C1. The first-order chi connectivity index (χ1) is 13.3. The summed E-state index contributed by atoms with van der Waals surface area (Å²) in [7, 11) is -2.30. The summed E-state index contributed by atoms with van der Waals surface area (Å²) in [6.07, 6.45) is 1.27. The minimum Gasteiger partial charge on any atom is -0.495 e. The number of hydrogen-bond donors (Lipinski definition) is 1. The van der Waals surface area contributed by atoms with E-state index in [9.17, 15) is 13.2 Å². The Morgan fingerprint density at radius 1 is 1.25 bits per heavy atom. The molecule has 1 unspecified atom stereocenters. The highest BCUT2D eigenvalue weighted by Crippen LogP contribution is 2.31. The zero-order chi connectivity index (χ0) is 20.3. The second-order valence-corrected chi connectivity index (χ2v) is 9.59. The summed E-state index contributed by atoms with van der Waals surface area (Å²) in [5, 5.41) is 2.89. The van der Waals surface area contributed by atoms with Gasteiger partial charge in [-0.2, -0.15) is 4.31 Å². The van der Waals surface area contributed by atoms with Crippen molar-refractivity contribution in [1.29, 1.82) is 0 Å². The lowest BCUT2D eigenvalue weighted by Crippen LogP contribution is -2.43. The molecule has 1 aliphatic rings. The van der Waals surface area contributed by atoms with Crippen LogP contribution < -0.4 is 10.1 Å². The normalized spacial score (nSPS) is 17.9. The molecule has 0 aliphatic carbocycles. The number of piperidine rings is 1. The second-order valence-electron chi connectivity index (χ2n) is 6.83. The molecular formula is C20H23BrN2O4S. The van der Waals surface area contributed by atoms with Gasteiger partial charge >= 0.3 is 0 Å². The Bertz CT molecular complexity index is 978. The minimum atomic E-state index is -3.76. The lowest BCUT2D eigenvalue weighted by atomic mass is 9.99. The third kappa shape index (κ3) is 4.39. The molecule has 0 bridgehead atoms. The van der Waals surface area contributed by atoms with Gasteiger partial charge in [-0.3, -0.25) is 4.79 Å². The number of halogens is 1. The summed E-state index contributed by atoms with van der Waals surface area (Å²) in [6, 6.07) is 12.4. The molecule has 6 nitrogen and oxygen atoms in total. The Morgan fingerprint density at radius 2 is 2.00 bits per heavy atom. The van der Waals surface area contributed by atoms with Crippen LogP contribution in [0.3, 0.4) is 0 Å². The Kier molecular flexibility index (Phi) is 6.42. The van der Waals surface area contributed by atoms with E-state index in [-0.39, 0.29) is 17.3 Å². The van der Waals surface area contributed by atoms with E-state index in [1.165, 1.54) is 11.4 Å². The van der Waals surface area contributed by atoms with Crippen molar-refractivity contribution in [2.24, 2.45) is 5.92 Å². The molecule has 3 rings (SSSR count). The number of hydrogen-bond acceptors (Lipinski definition) is 4. The quantitative estimate of drug-likeness (QED) is 0.726. The van der Waals surface area contributed by atoms with Gasteiger partial charge in [-0.05, 0) is 65.5 Å². The highest BCUT2D eigenvalue weighted by molar-refractivity contribution is 9.10. The van der Waals surface area contributed by atoms with Gasteiger partial charge in [0.15, 0.2) is 0 Å². The van der Waals surface area contributed by atoms with Crippen LogP contribution in [0.2, 0.25) is 0 Å². The van der Waals surface area contributed by atoms with Crippen molar-refractivity contribution >= 4 is 37.5 Å². The smallest absolute Gasteiger partial charge is 0.246 e. The number of carbonyl (C=O) groups is 1. The Balaban J connectivity index is 1.80. The number of benzene rings is 2. The zero-order valence-electron chi connectivity index (χ0n) is 15.8. The first-order valence-corrected chi connectivity index (χ1v) is 11.3. The summed E-state index contributed by atoms with van der Waals surface area (Å²) < 4.78 is 33.8. The van der Waals surface area contributed by atoms with E-state index >= 15 is 0 Å². The molecule has 1 aliphatic heterocycles. The van der Waals surface area contributed by atoms with Crippen molar-refractivity contribution in [1.82, 2.24) is 4.31 Å². The zero-order valence-corrected chi connectivity index (χ0v) is 18.2. The predicted molar refractivity (Wildman–Crippen MR) is 112 cm³/mol. The number of sulfonamides is 1. The van der Waals surface area contributed by atoms with Crippen molar-refractivity contribution in [3.8, 4) is 5.75 Å². The van der Waals surface area contributed by atoms with Gasteiger partial charge in [-0.25, -0.2) is 8.42 Å². The second kappa shape index (κ2) is 8.63. The first kappa shape index (κ1) is 20.8. The minimum absolute atomic E-state index is 0.141. The average molecular weight is 467 g/mol. The fourth-order valence-electron chi connectivity index (χ4n) is 3.30. The molecule has 1 fully saturated rings. The van der Waals surface area contributed by atoms with Gasteiger partial charge < -0.3 is 10.1 Å². The lowest BCUT2D eigenvalue weighted by molar-refractivity contribution is -0.120. The number of nitrogens with one attached hydrogen (secondary N) is 1. The number of anilines is 1. The molecule has 150 valence electrons. The third-order valence-corrected chi connectivity index (χ3v) is 7.40. The van der Waals surface area contributed by atoms with Crippen LogP contribution in [0.25, 0.3) is 0 Å².